The van der Waals surface area contributed by atoms with Crippen molar-refractivity contribution in [3.05, 3.63) is 95.6 Å². The molecule has 4 rings (SSSR count). The molecular formula is C30H33N3O4. The summed E-state index contributed by atoms with van der Waals surface area (Å²) >= 11 is 0. The fourth-order valence-electron chi connectivity index (χ4n) is 5.83. The molecule has 37 heavy (non-hydrogen) atoms. The van der Waals surface area contributed by atoms with Gasteiger partial charge in [-0.15, -0.1) is 0 Å². The van der Waals surface area contributed by atoms with Crippen LogP contribution in [-0.2, 0) is 26.3 Å². The topological polar surface area (TPSA) is 102 Å². The lowest BCUT2D eigenvalue weighted by molar-refractivity contribution is -0.127. The fourth-order valence-corrected chi connectivity index (χ4v) is 5.83. The minimum atomic E-state index is -0.868. The van der Waals surface area contributed by atoms with Gasteiger partial charge in [-0.05, 0) is 48.7 Å². The molecule has 3 N–H and O–H groups in total. The monoisotopic (exact) mass is 499 g/mol. The van der Waals surface area contributed by atoms with Crippen LogP contribution in [0.3, 0.4) is 0 Å². The first kappa shape index (κ1) is 25.9. The van der Waals surface area contributed by atoms with Crippen LogP contribution in [0.25, 0.3) is 0 Å². The van der Waals surface area contributed by atoms with Crippen LogP contribution in [0.5, 0.6) is 5.75 Å². The maximum atomic E-state index is 13.0. The number of ether oxygens (including phenoxy) is 1. The zero-order valence-electron chi connectivity index (χ0n) is 21.7. The Morgan fingerprint density at radius 3 is 2.16 bits per heavy atom. The van der Waals surface area contributed by atoms with Crippen molar-refractivity contribution in [2.45, 2.75) is 45.2 Å². The van der Waals surface area contributed by atoms with E-state index in [0.717, 1.165) is 22.4 Å². The molecule has 0 aliphatic carbocycles. The van der Waals surface area contributed by atoms with E-state index in [-0.39, 0.29) is 18.4 Å². The third kappa shape index (κ3) is 4.81. The Morgan fingerprint density at radius 2 is 1.54 bits per heavy atom. The van der Waals surface area contributed by atoms with Crippen LogP contribution in [0, 0.1) is 5.92 Å². The van der Waals surface area contributed by atoms with Crippen LogP contribution >= 0.6 is 0 Å². The zero-order valence-corrected chi connectivity index (χ0v) is 21.7. The minimum Gasteiger partial charge on any atom is -0.484 e. The SMILES string of the molecule is CC(=O)N1c2ccccc2C(C)(c2ccc(OCC(=O)NCc3ccccc3)cc2)C(C(N)=O)C1(C)C. The van der Waals surface area contributed by atoms with E-state index in [4.69, 9.17) is 10.5 Å². The molecule has 0 fully saturated rings. The highest BCUT2D eigenvalue weighted by Crippen LogP contribution is 2.54. The Balaban J connectivity index is 1.59. The lowest BCUT2D eigenvalue weighted by Gasteiger charge is -2.55. The fraction of sp³-hybridized carbons (Fsp3) is 0.300. The molecule has 2 atom stereocenters. The molecule has 3 aromatic rings. The molecule has 7 nitrogen and oxygen atoms in total. The van der Waals surface area contributed by atoms with Gasteiger partial charge in [-0.25, -0.2) is 0 Å². The number of carbonyl (C=O) groups is 3. The van der Waals surface area contributed by atoms with Crippen molar-refractivity contribution in [2.75, 3.05) is 11.5 Å². The Hall–Kier alpha value is -4.13. The summed E-state index contributed by atoms with van der Waals surface area (Å²) in [5, 5.41) is 2.84. The second-order valence-corrected chi connectivity index (χ2v) is 10.1. The average molecular weight is 500 g/mol. The standard InChI is InChI=1S/C30H33N3O4/c1-20(34)33-25-13-9-8-12-24(25)30(4,27(28(31)36)29(33,2)3)22-14-16-23(17-15-22)37-19-26(35)32-18-21-10-6-5-7-11-21/h5-17,27H,18-19H2,1-4H3,(H2,31,36)(H,32,35). The highest BCUT2D eigenvalue weighted by molar-refractivity contribution is 5.98. The third-order valence-electron chi connectivity index (χ3n) is 7.32. The van der Waals surface area contributed by atoms with Gasteiger partial charge in [-0.2, -0.15) is 0 Å². The van der Waals surface area contributed by atoms with E-state index in [0.29, 0.717) is 12.3 Å². The van der Waals surface area contributed by atoms with Crippen LogP contribution in [0.4, 0.5) is 5.69 Å². The van der Waals surface area contributed by atoms with Crippen LogP contribution < -0.4 is 20.7 Å². The van der Waals surface area contributed by atoms with Gasteiger partial charge in [0.2, 0.25) is 11.8 Å². The largest absolute Gasteiger partial charge is 0.484 e. The van der Waals surface area contributed by atoms with Crippen LogP contribution in [0.2, 0.25) is 0 Å². The van der Waals surface area contributed by atoms with Crippen molar-refractivity contribution in [3.63, 3.8) is 0 Å². The van der Waals surface area contributed by atoms with E-state index in [1.807, 2.05) is 87.5 Å². The summed E-state index contributed by atoms with van der Waals surface area (Å²) in [6.07, 6.45) is 0. The van der Waals surface area contributed by atoms with Crippen molar-refractivity contribution < 1.29 is 19.1 Å². The Labute approximate surface area is 217 Å². The number of primary amides is 1. The van der Waals surface area contributed by atoms with Crippen molar-refractivity contribution in [2.24, 2.45) is 11.7 Å². The lowest BCUT2D eigenvalue weighted by atomic mass is 9.57. The van der Waals surface area contributed by atoms with Gasteiger partial charge in [-0.1, -0.05) is 67.6 Å². The van der Waals surface area contributed by atoms with Crippen molar-refractivity contribution in [3.8, 4) is 5.75 Å². The number of hydrogen-bond donors (Lipinski definition) is 2. The Morgan fingerprint density at radius 1 is 0.919 bits per heavy atom. The molecule has 0 radical (unpaired) electrons. The summed E-state index contributed by atoms with van der Waals surface area (Å²) in [4.78, 5) is 39.6. The predicted octanol–water partition coefficient (Wildman–Crippen LogP) is 3.93. The second kappa shape index (κ2) is 10.1. The number of amides is 3. The first-order valence-electron chi connectivity index (χ1n) is 12.3. The van der Waals surface area contributed by atoms with Gasteiger partial charge in [-0.3, -0.25) is 14.4 Å². The number of benzene rings is 3. The van der Waals surface area contributed by atoms with Gasteiger partial charge in [0.1, 0.15) is 5.75 Å². The number of para-hydroxylation sites is 1. The third-order valence-corrected chi connectivity index (χ3v) is 7.32. The summed E-state index contributed by atoms with van der Waals surface area (Å²) in [7, 11) is 0. The molecule has 1 aliphatic rings. The predicted molar refractivity (Wildman–Crippen MR) is 143 cm³/mol. The molecule has 0 aromatic heterocycles. The number of anilines is 1. The van der Waals surface area contributed by atoms with Gasteiger partial charge in [0.15, 0.2) is 6.61 Å². The van der Waals surface area contributed by atoms with Crippen LogP contribution in [0.1, 0.15) is 44.4 Å². The van der Waals surface area contributed by atoms with Gasteiger partial charge < -0.3 is 20.7 Å². The van der Waals surface area contributed by atoms with Gasteiger partial charge >= 0.3 is 0 Å². The van der Waals surface area contributed by atoms with E-state index >= 15 is 0 Å². The van der Waals surface area contributed by atoms with Crippen LogP contribution in [-0.4, -0.2) is 29.9 Å². The summed E-state index contributed by atoms with van der Waals surface area (Å²) in [6.45, 7) is 7.57. The molecule has 3 amide bonds. The molecule has 0 saturated heterocycles. The Kier molecular flexibility index (Phi) is 7.07. The minimum absolute atomic E-state index is 0.114. The van der Waals surface area contributed by atoms with Gasteiger partial charge in [0.25, 0.3) is 5.91 Å². The molecule has 0 spiro atoms. The normalized spacial score (nSPS) is 20.0. The summed E-state index contributed by atoms with van der Waals surface area (Å²) in [6, 6.07) is 24.7. The zero-order chi connectivity index (χ0) is 26.8. The molecule has 1 aliphatic heterocycles. The number of nitrogens with zero attached hydrogens (tertiary/aromatic N) is 1. The average Bonchev–Trinajstić information content (AvgIpc) is 2.86. The van der Waals surface area contributed by atoms with E-state index < -0.39 is 22.8 Å². The van der Waals surface area contributed by atoms with Gasteiger partial charge in [0.05, 0.1) is 11.5 Å². The number of rotatable bonds is 7. The molecular weight excluding hydrogens is 466 g/mol. The molecule has 192 valence electrons. The molecule has 3 aromatic carbocycles. The molecule has 7 heteroatoms. The van der Waals surface area contributed by atoms with Crippen LogP contribution in [0.15, 0.2) is 78.9 Å². The number of hydrogen-bond acceptors (Lipinski definition) is 4. The number of nitrogens with one attached hydrogen (secondary N) is 1. The quantitative estimate of drug-likeness (QED) is 0.514. The maximum absolute atomic E-state index is 13.0. The number of nitrogens with two attached hydrogens (primary N) is 1. The maximum Gasteiger partial charge on any atom is 0.258 e. The van der Waals surface area contributed by atoms with E-state index in [9.17, 15) is 14.4 Å². The van der Waals surface area contributed by atoms with Gasteiger partial charge in [0, 0.05) is 24.6 Å². The first-order valence-corrected chi connectivity index (χ1v) is 12.3. The second-order valence-electron chi connectivity index (χ2n) is 10.1. The summed E-state index contributed by atoms with van der Waals surface area (Å²) in [5.41, 5.74) is 7.82. The highest BCUT2D eigenvalue weighted by Gasteiger charge is 2.57. The van der Waals surface area contributed by atoms with E-state index in [1.165, 1.54) is 6.92 Å². The Bertz CT molecular complexity index is 1300. The van der Waals surface area contributed by atoms with E-state index in [1.54, 1.807) is 17.0 Å². The van der Waals surface area contributed by atoms with Crippen molar-refractivity contribution in [1.82, 2.24) is 5.32 Å². The molecule has 0 saturated carbocycles. The van der Waals surface area contributed by atoms with Crippen molar-refractivity contribution in [1.29, 1.82) is 0 Å². The summed E-state index contributed by atoms with van der Waals surface area (Å²) in [5.74, 6) is -1.02. The van der Waals surface area contributed by atoms with Crippen molar-refractivity contribution >= 4 is 23.4 Å². The van der Waals surface area contributed by atoms with E-state index in [2.05, 4.69) is 5.32 Å². The number of carbonyl (C=O) groups excluding carboxylic acids is 3. The lowest BCUT2D eigenvalue weighted by Crippen LogP contribution is -2.65. The molecule has 2 unspecified atom stereocenters. The molecule has 0 bridgehead atoms. The smallest absolute Gasteiger partial charge is 0.258 e. The number of fused-ring (bicyclic) bond motifs is 1. The summed E-state index contributed by atoms with van der Waals surface area (Å²) < 4.78 is 5.71. The highest BCUT2D eigenvalue weighted by atomic mass is 16.5. The first-order chi connectivity index (χ1) is 17.6. The molecule has 1 heterocycles.